The van der Waals surface area contributed by atoms with Crippen molar-refractivity contribution in [1.29, 1.82) is 0 Å². The van der Waals surface area contributed by atoms with E-state index in [2.05, 4.69) is 50.9 Å². The Morgan fingerprint density at radius 1 is 0.786 bits per heavy atom. The van der Waals surface area contributed by atoms with Crippen molar-refractivity contribution in [2.45, 2.75) is 241 Å². The number of phosphoric ester groups is 1. The lowest BCUT2D eigenvalue weighted by atomic mass is 9.83. The lowest BCUT2D eigenvalue weighted by Gasteiger charge is -2.47. The van der Waals surface area contributed by atoms with Crippen LogP contribution in [0.15, 0.2) is 18.3 Å². The molecule has 3 aliphatic rings. The number of carbonyl (C=O) groups excluding carboxylic acids is 6. The Kier molecular flexibility index (Phi) is 39.3. The number of phenols is 1. The summed E-state index contributed by atoms with van der Waals surface area (Å²) in [5, 5.41) is 160. The molecule has 1 aromatic heterocycles. The fourth-order valence-electron chi connectivity index (χ4n) is 12.0. The monoisotopic (exact) mass is 1630 g/mol. The van der Waals surface area contributed by atoms with E-state index >= 15 is 0 Å². The second-order valence-corrected chi connectivity index (χ2v) is 29.7. The molecule has 638 valence electrons. The Hall–Kier alpha value is -6.89. The van der Waals surface area contributed by atoms with E-state index in [1.54, 1.807) is 33.9 Å². The quantitative estimate of drug-likeness (QED) is 0.0133. The van der Waals surface area contributed by atoms with E-state index < -0.39 is 224 Å². The fraction of sp³-hybridized carbons (Fsp3) is 0.765. The number of nitrogens with one attached hydrogen (secondary N) is 5. The third kappa shape index (κ3) is 31.4. The minimum absolute atomic E-state index is 0.0134. The Morgan fingerprint density at radius 2 is 1.45 bits per heavy atom. The van der Waals surface area contributed by atoms with Crippen molar-refractivity contribution in [3.05, 3.63) is 40.7 Å². The predicted octanol–water partition coefficient (Wildman–Crippen LogP) is -3.31. The van der Waals surface area contributed by atoms with Gasteiger partial charge in [0, 0.05) is 76.1 Å². The molecule has 3 heterocycles. The summed E-state index contributed by atoms with van der Waals surface area (Å²) in [6.07, 6.45) is -22.2. The second-order valence-electron chi connectivity index (χ2n) is 28.3. The van der Waals surface area contributed by atoms with E-state index in [-0.39, 0.29) is 81.9 Å². The van der Waals surface area contributed by atoms with Crippen molar-refractivity contribution in [1.82, 2.24) is 41.6 Å². The number of esters is 1. The van der Waals surface area contributed by atoms with E-state index in [9.17, 15) is 104 Å². The van der Waals surface area contributed by atoms with Crippen molar-refractivity contribution >= 4 is 55.5 Å². The molecule has 2 aromatic rings. The number of benzene rings is 1. The Bertz CT molecular complexity index is 3340. The number of phosphoric acid groups is 1. The normalized spacial score (nSPS) is 23.5. The van der Waals surface area contributed by atoms with E-state index in [1.807, 2.05) is 0 Å². The largest absolute Gasteiger partial charge is 0.508 e. The van der Waals surface area contributed by atoms with Crippen molar-refractivity contribution in [2.24, 2.45) is 5.92 Å². The molecule has 1 aromatic carbocycles. The molecule has 1 saturated carbocycles. The number of nitrogens with zero attached hydrogens (tertiary/aromatic N) is 3. The summed E-state index contributed by atoms with van der Waals surface area (Å²) in [5.74, 6) is -10.5. The van der Waals surface area contributed by atoms with Crippen LogP contribution >= 0.6 is 7.82 Å². The zero-order chi connectivity index (χ0) is 83.3. The van der Waals surface area contributed by atoms with E-state index in [4.69, 9.17) is 52.6 Å². The summed E-state index contributed by atoms with van der Waals surface area (Å²) in [6.45, 7) is 3.77. The van der Waals surface area contributed by atoms with E-state index in [1.165, 1.54) is 30.7 Å². The summed E-state index contributed by atoms with van der Waals surface area (Å²) in [4.78, 5) is 110. The number of hydrogen-bond acceptors (Lipinski definition) is 34. The molecule has 5 amide bonds. The van der Waals surface area contributed by atoms with Crippen LogP contribution in [0.2, 0.25) is 0 Å². The maximum atomic E-state index is 13.4. The van der Waals surface area contributed by atoms with Crippen LogP contribution in [-0.2, 0) is 96.3 Å². The molecule has 12 unspecified atom stereocenters. The topological polar surface area (TPSA) is 638 Å². The Morgan fingerprint density at radius 3 is 2.07 bits per heavy atom. The third-order valence-electron chi connectivity index (χ3n) is 18.3. The number of hydrogen-bond donors (Lipinski definition) is 19. The molecule has 0 bridgehead atoms. The number of aliphatic carboxylic acids is 1. The molecule has 2 aliphatic heterocycles. The molecule has 0 spiro atoms. The number of aliphatic hydroxyl groups excluding tert-OH is 10. The molecule has 1 aliphatic carbocycles. The van der Waals surface area contributed by atoms with Crippen molar-refractivity contribution in [3.8, 4) is 5.75 Å². The molecule has 17 atom stereocenters. The molecule has 2 saturated heterocycles. The average molecular weight is 1630 g/mol. The van der Waals surface area contributed by atoms with Crippen LogP contribution < -0.4 is 26.6 Å². The minimum Gasteiger partial charge on any atom is -0.507 e. The zero-order valence-electron chi connectivity index (χ0n) is 63.5. The van der Waals surface area contributed by atoms with Crippen molar-refractivity contribution < 1.29 is 171 Å². The highest BCUT2D eigenvalue weighted by Crippen LogP contribution is 2.43. The van der Waals surface area contributed by atoms with Gasteiger partial charge in [-0.3, -0.25) is 33.0 Å². The standard InChI is InChI=1S/C68H111N8O35P/c1-37-25-41(26-38(2)55(37)88)59(91)72-29-42(81)27-46-54(60(92)73-51(86)31-76-30-43(74-75-76)40-13-9-8-10-14-40)44(82)28-68(111-46,64(94)95)103-35-48(39(3)80)107-61(45(83)32-77)110-58-47(33-78)106-62(57(90)56(58)89)100-23-19-70-50(85)16-11-15-49(84)69-18-12-21-101-66(4,5)17-22-102-67(6,7)63(93)71-20-24-104-112(98,99)105-36-53(109-65(96)97)108-52(87)34-79/h25-26,30,39-40,42,44-48,53-54,56-58,60-62,77-83,88-90,92H,8-24,27-29,31-36H2,1-7H3,(H,69,84)(H,70,85)(H,71,93)(H,72,91)(H,73,86)(H,94,95)(H,96,97)(H,98,99)/t39-,42+,44-,45+,46?,47?,48?,53?,54?,56?,57?,58?,60?,61?,62?,68-/m1/s1. The second kappa shape index (κ2) is 46.0. The Balaban J connectivity index is 1.05. The summed E-state index contributed by atoms with van der Waals surface area (Å²) >= 11 is 0. The molecule has 44 heteroatoms. The van der Waals surface area contributed by atoms with Gasteiger partial charge in [0.05, 0.1) is 81.3 Å². The lowest BCUT2D eigenvalue weighted by Crippen LogP contribution is -2.63. The van der Waals surface area contributed by atoms with E-state index in [0.29, 0.717) is 29.7 Å². The van der Waals surface area contributed by atoms with Crippen LogP contribution in [0.3, 0.4) is 0 Å². The molecule has 0 radical (unpaired) electrons. The number of phenolic OH excluding ortho intramolecular Hbond substituents is 1. The number of amides is 5. The number of carboxylic acids is 1. The molecular formula is C68H111N8O35P. The first-order valence-corrected chi connectivity index (χ1v) is 38.0. The van der Waals surface area contributed by atoms with Crippen LogP contribution in [0, 0.1) is 19.8 Å². The highest BCUT2D eigenvalue weighted by Gasteiger charge is 2.56. The lowest BCUT2D eigenvalue weighted by molar-refractivity contribution is -0.348. The SMILES string of the molecule is Cc1cc(C(=O)NC[C@@H](O)CC2O[C@@](OCC(OC(OC3C(CO)OC(OCCNC(=O)CCCC(=O)NCCCOC(C)(C)CCOC(C)(C)C(=O)NCCOP(=O)(O)OCC(OC(=O)O)OC(=O)CO)C(O)C3O)[C@@H](O)CO)[C@@H](C)O)(C(=O)O)C[C@@H](O)C2C(O)NC(=O)Cn2cc(C3CCCCC3)nn2)cc(C)c1O. The number of carboxylic acid groups (broad SMARTS) is 2. The van der Waals surface area contributed by atoms with Gasteiger partial charge < -0.3 is 145 Å². The van der Waals surface area contributed by atoms with Gasteiger partial charge in [0.15, 0.2) is 12.6 Å². The number of aromatic nitrogens is 3. The van der Waals surface area contributed by atoms with Crippen molar-refractivity contribution in [3.63, 3.8) is 0 Å². The van der Waals surface area contributed by atoms with Gasteiger partial charge in [-0.05, 0) is 104 Å². The number of aliphatic hydroxyl groups is 10. The first-order valence-electron chi connectivity index (χ1n) is 36.5. The number of rotatable bonds is 50. The van der Waals surface area contributed by atoms with Gasteiger partial charge >= 0.3 is 25.9 Å². The number of ether oxygens (including phenoxy) is 10. The minimum atomic E-state index is -4.87. The number of aromatic hydroxyl groups is 1. The van der Waals surface area contributed by atoms with Gasteiger partial charge in [0.1, 0.15) is 74.0 Å². The maximum absolute atomic E-state index is 13.4. The number of carbonyl (C=O) groups is 8. The van der Waals surface area contributed by atoms with Crippen LogP contribution in [0.4, 0.5) is 4.79 Å². The van der Waals surface area contributed by atoms with Gasteiger partial charge in [-0.25, -0.2) is 23.6 Å². The first kappa shape index (κ1) is 95.7. The van der Waals surface area contributed by atoms with Crippen LogP contribution in [0.25, 0.3) is 0 Å². The average Bonchev–Trinajstić information content (AvgIpc) is 0.804. The Labute approximate surface area is 644 Å². The first-order chi connectivity index (χ1) is 52.7. The van der Waals surface area contributed by atoms with Crippen LogP contribution in [0.5, 0.6) is 5.75 Å². The molecule has 5 rings (SSSR count). The molecule has 43 nitrogen and oxygen atoms in total. The fourth-order valence-corrected chi connectivity index (χ4v) is 12.7. The zero-order valence-corrected chi connectivity index (χ0v) is 64.4. The van der Waals surface area contributed by atoms with Crippen LogP contribution in [-0.4, -0.2) is 323 Å². The van der Waals surface area contributed by atoms with Gasteiger partial charge in [-0.1, -0.05) is 24.5 Å². The number of aryl methyl sites for hydroxylation is 2. The highest BCUT2D eigenvalue weighted by atomic mass is 31.2. The smallest absolute Gasteiger partial charge is 0.507 e. The van der Waals surface area contributed by atoms with Gasteiger partial charge in [-0.15, -0.1) is 5.10 Å². The maximum Gasteiger partial charge on any atom is 0.508 e. The van der Waals surface area contributed by atoms with Crippen molar-refractivity contribution in [2.75, 3.05) is 85.6 Å². The van der Waals surface area contributed by atoms with Gasteiger partial charge in [-0.2, -0.15) is 0 Å². The summed E-state index contributed by atoms with van der Waals surface area (Å²) in [7, 11) is -4.87. The highest BCUT2D eigenvalue weighted by molar-refractivity contribution is 7.47. The molecule has 112 heavy (non-hydrogen) atoms. The summed E-state index contributed by atoms with van der Waals surface area (Å²) < 4.78 is 78.0. The van der Waals surface area contributed by atoms with Gasteiger partial charge in [0.25, 0.3) is 23.9 Å². The third-order valence-corrected chi connectivity index (χ3v) is 19.3. The van der Waals surface area contributed by atoms with Gasteiger partial charge in [0.2, 0.25) is 17.7 Å². The predicted molar refractivity (Wildman–Crippen MR) is 378 cm³/mol. The molecule has 3 fully saturated rings. The summed E-state index contributed by atoms with van der Waals surface area (Å²) in [5.41, 5.74) is -0.540. The molecular weight excluding hydrogens is 1520 g/mol. The van der Waals surface area contributed by atoms with E-state index in [0.717, 1.165) is 39.0 Å². The molecule has 19 N–H and O–H groups in total. The van der Waals surface area contributed by atoms with Crippen LogP contribution in [0.1, 0.15) is 145 Å². The summed E-state index contributed by atoms with van der Waals surface area (Å²) in [6, 6.07) is 2.81.